The van der Waals surface area contributed by atoms with Crippen molar-refractivity contribution in [2.75, 3.05) is 10.2 Å². The summed E-state index contributed by atoms with van der Waals surface area (Å²) >= 11 is 0. The number of ether oxygens (including phenoxy) is 1. The van der Waals surface area contributed by atoms with Gasteiger partial charge in [-0.1, -0.05) is 72.8 Å². The summed E-state index contributed by atoms with van der Waals surface area (Å²) in [5.41, 5.74) is 0.144. The van der Waals surface area contributed by atoms with E-state index in [4.69, 9.17) is 4.74 Å². The van der Waals surface area contributed by atoms with Crippen molar-refractivity contribution in [2.24, 2.45) is 11.8 Å². The topological polar surface area (TPSA) is 87.7 Å². The summed E-state index contributed by atoms with van der Waals surface area (Å²) in [6.45, 7) is 0.276. The zero-order valence-corrected chi connectivity index (χ0v) is 19.7. The summed E-state index contributed by atoms with van der Waals surface area (Å²) in [6.07, 6.45) is 2.76. The number of fused-ring (bicyclic) bond motifs is 1. The lowest BCUT2D eigenvalue weighted by Crippen LogP contribution is -2.54. The Morgan fingerprint density at radius 3 is 2.32 bits per heavy atom. The van der Waals surface area contributed by atoms with Crippen LogP contribution in [0.3, 0.4) is 0 Å². The van der Waals surface area contributed by atoms with E-state index in [9.17, 15) is 18.8 Å². The summed E-state index contributed by atoms with van der Waals surface area (Å²) in [6, 6.07) is 23.2. The average molecular weight is 498 g/mol. The van der Waals surface area contributed by atoms with Gasteiger partial charge < -0.3 is 15.4 Å². The molecule has 8 heteroatoms. The number of rotatable bonds is 6. The van der Waals surface area contributed by atoms with Gasteiger partial charge >= 0.3 is 0 Å². The van der Waals surface area contributed by atoms with E-state index in [0.717, 1.165) is 5.56 Å². The van der Waals surface area contributed by atoms with Gasteiger partial charge in [0.1, 0.15) is 17.5 Å². The molecule has 0 radical (unpaired) electrons. The first-order chi connectivity index (χ1) is 18.0. The second kappa shape index (κ2) is 8.97. The number of nitrogens with zero attached hydrogens (tertiary/aromatic N) is 1. The predicted octanol–water partition coefficient (Wildman–Crippen LogP) is 3.44. The maximum absolute atomic E-state index is 14.3. The summed E-state index contributed by atoms with van der Waals surface area (Å²) < 4.78 is 20.6. The monoisotopic (exact) mass is 497 g/mol. The molecule has 0 aliphatic carbocycles. The highest BCUT2D eigenvalue weighted by Gasteiger charge is 2.73. The van der Waals surface area contributed by atoms with E-state index in [2.05, 4.69) is 10.6 Å². The van der Waals surface area contributed by atoms with Gasteiger partial charge in [0.25, 0.3) is 0 Å². The first kappa shape index (κ1) is 23.1. The van der Waals surface area contributed by atoms with Crippen molar-refractivity contribution in [1.82, 2.24) is 5.32 Å². The molecule has 7 nitrogen and oxygen atoms in total. The number of carbonyl (C=O) groups is 3. The molecule has 6 rings (SSSR count). The molecule has 0 aromatic heterocycles. The molecule has 5 atom stereocenters. The SMILES string of the molecule is O=C(Nc1ccccc1F)[C@H]1[C@H]2C=C[C@]3(O2)[C@H]1C(=O)N(c1ccccc1)[C@@H]3C(=O)NCc1ccccc1. The highest BCUT2D eigenvalue weighted by atomic mass is 19.1. The molecule has 37 heavy (non-hydrogen) atoms. The molecule has 3 aromatic carbocycles. The van der Waals surface area contributed by atoms with Gasteiger partial charge in [0.05, 0.1) is 23.6 Å². The lowest BCUT2D eigenvalue weighted by atomic mass is 9.74. The third-order valence-electron chi connectivity index (χ3n) is 7.30. The van der Waals surface area contributed by atoms with Crippen LogP contribution >= 0.6 is 0 Å². The molecule has 3 amide bonds. The fraction of sp³-hybridized carbons (Fsp3) is 0.207. The number of hydrogen-bond donors (Lipinski definition) is 2. The normalized spacial score (nSPS) is 27.3. The number of para-hydroxylation sites is 2. The second-order valence-electron chi connectivity index (χ2n) is 9.42. The molecule has 0 unspecified atom stereocenters. The zero-order chi connectivity index (χ0) is 25.6. The molecule has 186 valence electrons. The Bertz CT molecular complexity index is 1400. The van der Waals surface area contributed by atoms with Gasteiger partial charge in [-0.15, -0.1) is 0 Å². The van der Waals surface area contributed by atoms with E-state index in [-0.39, 0.29) is 24.0 Å². The van der Waals surface area contributed by atoms with Crippen molar-refractivity contribution >= 4 is 29.1 Å². The van der Waals surface area contributed by atoms with Crippen LogP contribution in [0, 0.1) is 17.7 Å². The van der Waals surface area contributed by atoms with Crippen LogP contribution in [0.5, 0.6) is 0 Å². The number of hydrogen-bond acceptors (Lipinski definition) is 4. The molecule has 3 aromatic rings. The van der Waals surface area contributed by atoms with Crippen LogP contribution < -0.4 is 15.5 Å². The van der Waals surface area contributed by atoms with Crippen LogP contribution in [0.25, 0.3) is 0 Å². The summed E-state index contributed by atoms with van der Waals surface area (Å²) in [5, 5.41) is 5.56. The summed E-state index contributed by atoms with van der Waals surface area (Å²) in [5.74, 6) is -3.74. The predicted molar refractivity (Wildman–Crippen MR) is 135 cm³/mol. The first-order valence-corrected chi connectivity index (χ1v) is 12.1. The zero-order valence-electron chi connectivity index (χ0n) is 19.7. The maximum Gasteiger partial charge on any atom is 0.246 e. The minimum Gasteiger partial charge on any atom is -0.359 e. The number of benzene rings is 3. The molecule has 0 saturated carbocycles. The smallest absolute Gasteiger partial charge is 0.246 e. The Labute approximate surface area is 212 Å². The lowest BCUT2D eigenvalue weighted by Gasteiger charge is -2.32. The largest absolute Gasteiger partial charge is 0.359 e. The van der Waals surface area contributed by atoms with E-state index in [1.54, 1.807) is 42.5 Å². The van der Waals surface area contributed by atoms with E-state index in [0.29, 0.717) is 5.69 Å². The fourth-order valence-corrected chi connectivity index (χ4v) is 5.70. The number of anilines is 2. The number of amides is 3. The van der Waals surface area contributed by atoms with E-state index in [1.807, 2.05) is 36.4 Å². The summed E-state index contributed by atoms with van der Waals surface area (Å²) in [7, 11) is 0. The van der Waals surface area contributed by atoms with Crippen LogP contribution in [0.4, 0.5) is 15.8 Å². The molecule has 3 aliphatic heterocycles. The molecule has 1 spiro atoms. The van der Waals surface area contributed by atoms with Gasteiger partial charge in [0.2, 0.25) is 17.7 Å². The Morgan fingerprint density at radius 2 is 1.59 bits per heavy atom. The van der Waals surface area contributed by atoms with Crippen molar-refractivity contribution in [2.45, 2.75) is 24.3 Å². The number of carbonyl (C=O) groups excluding carboxylic acids is 3. The van der Waals surface area contributed by atoms with Crippen molar-refractivity contribution in [3.8, 4) is 0 Å². The summed E-state index contributed by atoms with van der Waals surface area (Å²) in [4.78, 5) is 42.5. The van der Waals surface area contributed by atoms with Crippen LogP contribution in [0.15, 0.2) is 97.1 Å². The van der Waals surface area contributed by atoms with E-state index in [1.165, 1.54) is 23.1 Å². The molecular formula is C29H24FN3O4. The van der Waals surface area contributed by atoms with Crippen LogP contribution in [-0.2, 0) is 25.7 Å². The minimum absolute atomic E-state index is 0.0239. The fourth-order valence-electron chi connectivity index (χ4n) is 5.70. The Morgan fingerprint density at radius 1 is 0.919 bits per heavy atom. The standard InChI is InChI=1S/C29H24FN3O4/c30-20-13-7-8-14-21(20)32-26(34)23-22-15-16-29(37-22)24(23)28(36)33(19-11-5-2-6-12-19)25(29)27(35)31-17-18-9-3-1-4-10-18/h1-16,22-25H,17H2,(H,31,35)(H,32,34)/t22-,23+,24-,25-,29+/m1/s1. The highest BCUT2D eigenvalue weighted by molar-refractivity contribution is 6.11. The maximum atomic E-state index is 14.3. The third-order valence-corrected chi connectivity index (χ3v) is 7.30. The van der Waals surface area contributed by atoms with Gasteiger partial charge in [-0.2, -0.15) is 0 Å². The number of nitrogens with one attached hydrogen (secondary N) is 2. The van der Waals surface area contributed by atoms with Crippen molar-refractivity contribution in [3.63, 3.8) is 0 Å². The van der Waals surface area contributed by atoms with Crippen LogP contribution in [0.1, 0.15) is 5.56 Å². The average Bonchev–Trinajstić information content (AvgIpc) is 3.57. The lowest BCUT2D eigenvalue weighted by molar-refractivity contribution is -0.128. The molecule has 2 saturated heterocycles. The highest BCUT2D eigenvalue weighted by Crippen LogP contribution is 2.56. The van der Waals surface area contributed by atoms with Gasteiger partial charge in [0, 0.05) is 12.2 Å². The van der Waals surface area contributed by atoms with Gasteiger partial charge in [0.15, 0.2) is 0 Å². The van der Waals surface area contributed by atoms with Crippen molar-refractivity contribution < 1.29 is 23.5 Å². The quantitative estimate of drug-likeness (QED) is 0.511. The van der Waals surface area contributed by atoms with Crippen molar-refractivity contribution in [3.05, 3.63) is 108 Å². The van der Waals surface area contributed by atoms with Gasteiger partial charge in [-0.05, 0) is 29.8 Å². The van der Waals surface area contributed by atoms with E-state index < -0.39 is 41.3 Å². The molecule has 3 heterocycles. The first-order valence-electron chi connectivity index (χ1n) is 12.1. The molecule has 2 bridgehead atoms. The van der Waals surface area contributed by atoms with E-state index >= 15 is 0 Å². The van der Waals surface area contributed by atoms with Crippen LogP contribution in [0.2, 0.25) is 0 Å². The molecule has 2 N–H and O–H groups in total. The second-order valence-corrected chi connectivity index (χ2v) is 9.42. The van der Waals surface area contributed by atoms with Crippen LogP contribution in [-0.4, -0.2) is 35.5 Å². The number of halogens is 1. The van der Waals surface area contributed by atoms with Crippen molar-refractivity contribution in [1.29, 1.82) is 0 Å². The van der Waals surface area contributed by atoms with Gasteiger partial charge in [-0.3, -0.25) is 19.3 Å². The molecular weight excluding hydrogens is 473 g/mol. The molecule has 3 aliphatic rings. The Hall–Kier alpha value is -4.30. The molecule has 2 fully saturated rings. The third kappa shape index (κ3) is 3.72. The van der Waals surface area contributed by atoms with Gasteiger partial charge in [-0.25, -0.2) is 4.39 Å². The minimum atomic E-state index is -1.32. The Balaban J connectivity index is 1.35. The Kier molecular flexibility index (Phi) is 5.61.